The van der Waals surface area contributed by atoms with Gasteiger partial charge in [0, 0.05) is 12.1 Å². The summed E-state index contributed by atoms with van der Waals surface area (Å²) in [6.07, 6.45) is 0. The quantitative estimate of drug-likeness (QED) is 0.564. The zero-order chi connectivity index (χ0) is 17.3. The Hall–Kier alpha value is -2.84. The van der Waals surface area contributed by atoms with Gasteiger partial charge < -0.3 is 9.67 Å². The Morgan fingerprint density at radius 1 is 0.800 bits per heavy atom. The van der Waals surface area contributed by atoms with Crippen molar-refractivity contribution in [3.05, 3.63) is 108 Å². The van der Waals surface area contributed by atoms with Gasteiger partial charge in [0.2, 0.25) is 0 Å². The maximum atomic E-state index is 11.4. The summed E-state index contributed by atoms with van der Waals surface area (Å²) in [5.74, 6) is 0. The molecule has 3 aromatic carbocycles. The van der Waals surface area contributed by atoms with Crippen LogP contribution in [0.3, 0.4) is 0 Å². The first kappa shape index (κ1) is 15.7. The van der Waals surface area contributed by atoms with Crippen molar-refractivity contribution in [1.82, 2.24) is 4.57 Å². The van der Waals surface area contributed by atoms with Gasteiger partial charge in [0.1, 0.15) is 5.60 Å². The summed E-state index contributed by atoms with van der Waals surface area (Å²) in [4.78, 5) is 0. The van der Waals surface area contributed by atoms with Gasteiger partial charge in [0.15, 0.2) is 0 Å². The van der Waals surface area contributed by atoms with E-state index in [1.807, 2.05) is 55.5 Å². The SMILES string of the molecule is CC(O)(c1ccccc1)c1cc2ccccc2n1Cc1ccccc1. The van der Waals surface area contributed by atoms with Crippen LogP contribution in [0.25, 0.3) is 10.9 Å². The number of hydrogen-bond acceptors (Lipinski definition) is 1. The van der Waals surface area contributed by atoms with Crippen LogP contribution in [-0.2, 0) is 12.1 Å². The maximum Gasteiger partial charge on any atom is 0.127 e. The third-order valence-electron chi connectivity index (χ3n) is 4.83. The molecule has 0 radical (unpaired) electrons. The number of rotatable bonds is 4. The summed E-state index contributed by atoms with van der Waals surface area (Å²) in [6, 6.07) is 30.6. The summed E-state index contributed by atoms with van der Waals surface area (Å²) in [7, 11) is 0. The molecule has 0 bridgehead atoms. The predicted octanol–water partition coefficient (Wildman–Crippen LogP) is 4.95. The van der Waals surface area contributed by atoms with E-state index in [2.05, 4.69) is 47.0 Å². The lowest BCUT2D eigenvalue weighted by Crippen LogP contribution is -2.26. The molecule has 25 heavy (non-hydrogen) atoms. The summed E-state index contributed by atoms with van der Waals surface area (Å²) in [5.41, 5.74) is 3.09. The van der Waals surface area contributed by atoms with Crippen molar-refractivity contribution in [2.75, 3.05) is 0 Å². The van der Waals surface area contributed by atoms with E-state index in [-0.39, 0.29) is 0 Å². The Morgan fingerprint density at radius 2 is 1.40 bits per heavy atom. The Morgan fingerprint density at radius 3 is 2.12 bits per heavy atom. The molecule has 2 nitrogen and oxygen atoms in total. The van der Waals surface area contributed by atoms with Crippen LogP contribution in [0, 0.1) is 0 Å². The number of hydrogen-bond donors (Lipinski definition) is 1. The highest BCUT2D eigenvalue weighted by atomic mass is 16.3. The monoisotopic (exact) mass is 327 g/mol. The van der Waals surface area contributed by atoms with Gasteiger partial charge in [-0.25, -0.2) is 0 Å². The first-order chi connectivity index (χ1) is 12.2. The van der Waals surface area contributed by atoms with Crippen molar-refractivity contribution in [2.24, 2.45) is 0 Å². The van der Waals surface area contributed by atoms with Crippen LogP contribution >= 0.6 is 0 Å². The molecule has 0 aliphatic rings. The highest BCUT2D eigenvalue weighted by Crippen LogP contribution is 2.34. The van der Waals surface area contributed by atoms with Gasteiger partial charge in [-0.3, -0.25) is 0 Å². The van der Waals surface area contributed by atoms with Crippen LogP contribution in [0.2, 0.25) is 0 Å². The second-order valence-electron chi connectivity index (χ2n) is 6.60. The van der Waals surface area contributed by atoms with Crippen molar-refractivity contribution < 1.29 is 5.11 Å². The van der Waals surface area contributed by atoms with Gasteiger partial charge in [-0.1, -0.05) is 78.9 Å². The summed E-state index contributed by atoms with van der Waals surface area (Å²) >= 11 is 0. The molecule has 1 heterocycles. The Kier molecular flexibility index (Phi) is 3.90. The normalized spacial score (nSPS) is 13.7. The fraction of sp³-hybridized carbons (Fsp3) is 0.130. The molecule has 1 aromatic heterocycles. The van der Waals surface area contributed by atoms with E-state index in [4.69, 9.17) is 0 Å². The van der Waals surface area contributed by atoms with Crippen molar-refractivity contribution in [3.8, 4) is 0 Å². The highest BCUT2D eigenvalue weighted by molar-refractivity contribution is 5.82. The Labute approximate surface area is 148 Å². The topological polar surface area (TPSA) is 25.2 Å². The van der Waals surface area contributed by atoms with E-state index < -0.39 is 5.60 Å². The Balaban J connectivity index is 1.90. The molecule has 124 valence electrons. The molecule has 4 rings (SSSR count). The molecule has 2 heteroatoms. The lowest BCUT2D eigenvalue weighted by Gasteiger charge is -2.26. The maximum absolute atomic E-state index is 11.4. The first-order valence-electron chi connectivity index (χ1n) is 8.57. The smallest absolute Gasteiger partial charge is 0.127 e. The lowest BCUT2D eigenvalue weighted by atomic mass is 9.92. The Bertz CT molecular complexity index is 984. The highest BCUT2D eigenvalue weighted by Gasteiger charge is 2.30. The number of aromatic nitrogens is 1. The van der Waals surface area contributed by atoms with Gasteiger partial charge in [-0.15, -0.1) is 0 Å². The van der Waals surface area contributed by atoms with Gasteiger partial charge >= 0.3 is 0 Å². The predicted molar refractivity (Wildman–Crippen MR) is 103 cm³/mol. The van der Waals surface area contributed by atoms with Gasteiger partial charge in [0.25, 0.3) is 0 Å². The van der Waals surface area contributed by atoms with Gasteiger partial charge in [-0.05, 0) is 35.6 Å². The number of benzene rings is 3. The fourth-order valence-corrected chi connectivity index (χ4v) is 3.46. The average molecular weight is 327 g/mol. The lowest BCUT2D eigenvalue weighted by molar-refractivity contribution is 0.0940. The number of nitrogens with zero attached hydrogens (tertiary/aromatic N) is 1. The molecule has 0 fully saturated rings. The van der Waals surface area contributed by atoms with E-state index in [1.54, 1.807) is 0 Å². The molecular weight excluding hydrogens is 306 g/mol. The third kappa shape index (κ3) is 2.86. The molecule has 1 unspecified atom stereocenters. The van der Waals surface area contributed by atoms with E-state index in [9.17, 15) is 5.11 Å². The van der Waals surface area contributed by atoms with Crippen LogP contribution in [-0.4, -0.2) is 9.67 Å². The molecule has 0 spiro atoms. The van der Waals surface area contributed by atoms with E-state index >= 15 is 0 Å². The van der Waals surface area contributed by atoms with Crippen LogP contribution in [0.5, 0.6) is 0 Å². The van der Waals surface area contributed by atoms with Crippen LogP contribution in [0.4, 0.5) is 0 Å². The standard InChI is InChI=1S/C23H21NO/c1-23(25,20-13-6-3-7-14-20)22-16-19-12-8-9-15-21(19)24(22)17-18-10-4-2-5-11-18/h2-16,25H,17H2,1H3. The second kappa shape index (κ2) is 6.23. The molecule has 4 aromatic rings. The van der Waals surface area contributed by atoms with E-state index in [1.165, 1.54) is 5.56 Å². The average Bonchev–Trinajstić information content (AvgIpc) is 3.03. The minimum Gasteiger partial charge on any atom is -0.379 e. The van der Waals surface area contributed by atoms with Crippen LogP contribution in [0.1, 0.15) is 23.7 Å². The third-order valence-corrected chi connectivity index (χ3v) is 4.83. The number of aliphatic hydroxyl groups is 1. The first-order valence-corrected chi connectivity index (χ1v) is 8.57. The molecule has 0 saturated heterocycles. The van der Waals surface area contributed by atoms with Crippen LogP contribution < -0.4 is 0 Å². The van der Waals surface area contributed by atoms with Gasteiger partial charge in [0.05, 0.1) is 5.69 Å². The second-order valence-corrected chi connectivity index (χ2v) is 6.60. The molecular formula is C23H21NO. The molecule has 0 saturated carbocycles. The summed E-state index contributed by atoms with van der Waals surface area (Å²) in [5, 5.41) is 12.5. The van der Waals surface area contributed by atoms with Crippen LogP contribution in [0.15, 0.2) is 91.0 Å². The molecule has 1 atom stereocenters. The van der Waals surface area contributed by atoms with Crippen molar-refractivity contribution >= 4 is 10.9 Å². The minimum absolute atomic E-state index is 0.729. The van der Waals surface area contributed by atoms with Crippen molar-refractivity contribution in [2.45, 2.75) is 19.1 Å². The zero-order valence-electron chi connectivity index (χ0n) is 14.3. The molecule has 0 aliphatic heterocycles. The zero-order valence-corrected chi connectivity index (χ0v) is 14.3. The van der Waals surface area contributed by atoms with Crippen molar-refractivity contribution in [3.63, 3.8) is 0 Å². The summed E-state index contributed by atoms with van der Waals surface area (Å²) in [6.45, 7) is 2.60. The van der Waals surface area contributed by atoms with E-state index in [0.29, 0.717) is 0 Å². The van der Waals surface area contributed by atoms with Gasteiger partial charge in [-0.2, -0.15) is 0 Å². The molecule has 1 N–H and O–H groups in total. The largest absolute Gasteiger partial charge is 0.379 e. The summed E-state index contributed by atoms with van der Waals surface area (Å²) < 4.78 is 2.22. The minimum atomic E-state index is -1.06. The number of para-hydroxylation sites is 1. The molecule has 0 amide bonds. The van der Waals surface area contributed by atoms with E-state index in [0.717, 1.165) is 28.7 Å². The fourth-order valence-electron chi connectivity index (χ4n) is 3.46. The number of fused-ring (bicyclic) bond motifs is 1. The molecule has 0 aliphatic carbocycles. The van der Waals surface area contributed by atoms with Crippen molar-refractivity contribution in [1.29, 1.82) is 0 Å².